The molecule has 0 saturated carbocycles. The van der Waals surface area contributed by atoms with E-state index in [1.54, 1.807) is 12.4 Å². The largest absolute Gasteiger partial charge is 0.454 e. The lowest BCUT2D eigenvalue weighted by atomic mass is 9.92. The van der Waals surface area contributed by atoms with Gasteiger partial charge in [-0.05, 0) is 53.9 Å². The molecule has 2 aliphatic rings. The van der Waals surface area contributed by atoms with Crippen LogP contribution in [0.25, 0.3) is 10.9 Å². The van der Waals surface area contributed by atoms with Crippen LogP contribution in [0.1, 0.15) is 22.9 Å². The number of benzene rings is 2. The number of nitrogens with one attached hydrogen (secondary N) is 1. The molecule has 144 valence electrons. The molecule has 2 aromatic carbocycles. The van der Waals surface area contributed by atoms with Crippen molar-refractivity contribution in [3.05, 3.63) is 76.7 Å². The average molecular weight is 405 g/mol. The number of fused-ring (bicyclic) bond motifs is 4. The highest BCUT2D eigenvalue weighted by Gasteiger charge is 2.34. The molecule has 1 N–H and O–H groups in total. The minimum absolute atomic E-state index is 0.0678. The molecule has 2 aliphatic heterocycles. The van der Waals surface area contributed by atoms with Crippen molar-refractivity contribution in [2.45, 2.75) is 12.5 Å². The van der Waals surface area contributed by atoms with E-state index in [1.807, 2.05) is 30.3 Å². The third kappa shape index (κ3) is 2.63. The van der Waals surface area contributed by atoms with Crippen molar-refractivity contribution < 1.29 is 9.47 Å². The number of rotatable bonds is 2. The number of nitrogens with zero attached hydrogens (tertiary/aromatic N) is 3. The second-order valence-corrected chi connectivity index (χ2v) is 7.65. The number of hydrogen-bond acceptors (Lipinski definition) is 5. The zero-order valence-corrected chi connectivity index (χ0v) is 16.2. The number of anilines is 1. The first-order valence-corrected chi connectivity index (χ1v) is 9.89. The number of aromatic amines is 1. The van der Waals surface area contributed by atoms with E-state index in [1.165, 1.54) is 10.9 Å². The van der Waals surface area contributed by atoms with Crippen LogP contribution >= 0.6 is 11.6 Å². The predicted molar refractivity (Wildman–Crippen MR) is 111 cm³/mol. The zero-order chi connectivity index (χ0) is 19.4. The van der Waals surface area contributed by atoms with E-state index >= 15 is 0 Å². The Morgan fingerprint density at radius 2 is 1.90 bits per heavy atom. The molecule has 0 radical (unpaired) electrons. The molecule has 0 unspecified atom stereocenters. The molecule has 1 atom stereocenters. The van der Waals surface area contributed by atoms with Gasteiger partial charge in [0.1, 0.15) is 0 Å². The molecule has 4 aromatic rings. The monoisotopic (exact) mass is 404 g/mol. The van der Waals surface area contributed by atoms with E-state index in [0.717, 1.165) is 46.3 Å². The van der Waals surface area contributed by atoms with Crippen LogP contribution in [-0.4, -0.2) is 28.3 Å². The standard InChI is InChI=1S/C22H17ClN4O2/c23-14-3-4-17-16(11-14)15-6-9-27(22-24-7-1-8-25-22)21(20(15)26-17)13-2-5-18-19(10-13)29-12-28-18/h1-5,7-8,10-11,21,26H,6,9,12H2/t21-/m0/s1. The summed E-state index contributed by atoms with van der Waals surface area (Å²) in [4.78, 5) is 14.9. The Balaban J connectivity index is 1.56. The summed E-state index contributed by atoms with van der Waals surface area (Å²) in [6.45, 7) is 1.06. The van der Waals surface area contributed by atoms with Gasteiger partial charge < -0.3 is 19.4 Å². The van der Waals surface area contributed by atoms with Crippen molar-refractivity contribution in [2.75, 3.05) is 18.2 Å². The Labute approximate surface area is 172 Å². The van der Waals surface area contributed by atoms with Gasteiger partial charge in [0.25, 0.3) is 0 Å². The van der Waals surface area contributed by atoms with E-state index in [-0.39, 0.29) is 12.8 Å². The third-order valence-corrected chi connectivity index (χ3v) is 5.85. The van der Waals surface area contributed by atoms with Gasteiger partial charge in [-0.1, -0.05) is 17.7 Å². The molecule has 0 spiro atoms. The quantitative estimate of drug-likeness (QED) is 0.533. The van der Waals surface area contributed by atoms with Crippen molar-refractivity contribution in [1.29, 1.82) is 0 Å². The lowest BCUT2D eigenvalue weighted by molar-refractivity contribution is 0.174. The van der Waals surface area contributed by atoms with E-state index in [2.05, 4.69) is 32.0 Å². The van der Waals surface area contributed by atoms with E-state index in [0.29, 0.717) is 5.95 Å². The second-order valence-electron chi connectivity index (χ2n) is 7.21. The van der Waals surface area contributed by atoms with Gasteiger partial charge in [0.05, 0.1) is 6.04 Å². The molecule has 0 fully saturated rings. The summed E-state index contributed by atoms with van der Waals surface area (Å²) in [6, 6.07) is 13.9. The highest BCUT2D eigenvalue weighted by molar-refractivity contribution is 6.31. The highest BCUT2D eigenvalue weighted by Crippen LogP contribution is 2.43. The summed E-state index contributed by atoms with van der Waals surface area (Å²) in [5.74, 6) is 2.25. The Kier molecular flexibility index (Phi) is 3.67. The molecule has 0 saturated heterocycles. The first-order valence-electron chi connectivity index (χ1n) is 9.51. The van der Waals surface area contributed by atoms with Crippen LogP contribution in [0.3, 0.4) is 0 Å². The molecule has 0 bridgehead atoms. The maximum absolute atomic E-state index is 6.29. The Morgan fingerprint density at radius 1 is 1.03 bits per heavy atom. The molecule has 6 rings (SSSR count). The van der Waals surface area contributed by atoms with Crippen LogP contribution in [0, 0.1) is 0 Å². The first kappa shape index (κ1) is 16.7. The van der Waals surface area contributed by atoms with Gasteiger partial charge in [0.15, 0.2) is 11.5 Å². The smallest absolute Gasteiger partial charge is 0.231 e. The lowest BCUT2D eigenvalue weighted by Crippen LogP contribution is -2.37. The SMILES string of the molecule is Clc1ccc2[nH]c3c(c2c1)CCN(c1ncccn1)[C@H]3c1ccc2c(c1)OCO2. The van der Waals surface area contributed by atoms with Crippen LogP contribution in [0.2, 0.25) is 5.02 Å². The van der Waals surface area contributed by atoms with Gasteiger partial charge >= 0.3 is 0 Å². The molecule has 0 amide bonds. The summed E-state index contributed by atoms with van der Waals surface area (Å²) in [6.07, 6.45) is 4.44. The molecule has 0 aliphatic carbocycles. The maximum atomic E-state index is 6.29. The van der Waals surface area contributed by atoms with Gasteiger partial charge in [0.2, 0.25) is 12.7 Å². The lowest BCUT2D eigenvalue weighted by Gasteiger charge is -2.36. The van der Waals surface area contributed by atoms with Gasteiger partial charge in [-0.15, -0.1) is 0 Å². The normalized spacial score (nSPS) is 17.6. The van der Waals surface area contributed by atoms with Crippen LogP contribution < -0.4 is 14.4 Å². The molecular weight excluding hydrogens is 388 g/mol. The van der Waals surface area contributed by atoms with Gasteiger partial charge in [0, 0.05) is 40.6 Å². The second kappa shape index (κ2) is 6.39. The topological polar surface area (TPSA) is 63.3 Å². The van der Waals surface area contributed by atoms with E-state index < -0.39 is 0 Å². The van der Waals surface area contributed by atoms with Crippen LogP contribution in [-0.2, 0) is 6.42 Å². The average Bonchev–Trinajstić information content (AvgIpc) is 3.37. The minimum atomic E-state index is -0.0678. The van der Waals surface area contributed by atoms with Crippen molar-refractivity contribution in [2.24, 2.45) is 0 Å². The summed E-state index contributed by atoms with van der Waals surface area (Å²) in [5, 5.41) is 1.92. The summed E-state index contributed by atoms with van der Waals surface area (Å²) < 4.78 is 11.1. The number of aromatic nitrogens is 3. The minimum Gasteiger partial charge on any atom is -0.454 e. The van der Waals surface area contributed by atoms with Crippen molar-refractivity contribution in [1.82, 2.24) is 15.0 Å². The summed E-state index contributed by atoms with van der Waals surface area (Å²) in [7, 11) is 0. The number of halogens is 1. The van der Waals surface area contributed by atoms with Gasteiger partial charge in [-0.25, -0.2) is 9.97 Å². The fraction of sp³-hybridized carbons (Fsp3) is 0.182. The molecule has 7 heteroatoms. The number of ether oxygens (including phenoxy) is 2. The summed E-state index contributed by atoms with van der Waals surface area (Å²) >= 11 is 6.29. The molecule has 2 aromatic heterocycles. The highest BCUT2D eigenvalue weighted by atomic mass is 35.5. The number of H-pyrrole nitrogens is 1. The summed E-state index contributed by atoms with van der Waals surface area (Å²) in [5.41, 5.74) is 4.61. The molecular formula is C22H17ClN4O2. The first-order chi connectivity index (χ1) is 14.3. The van der Waals surface area contributed by atoms with Crippen molar-refractivity contribution in [3.63, 3.8) is 0 Å². The fourth-order valence-electron chi connectivity index (χ4n) is 4.35. The maximum Gasteiger partial charge on any atom is 0.231 e. The zero-order valence-electron chi connectivity index (χ0n) is 15.4. The third-order valence-electron chi connectivity index (χ3n) is 5.61. The predicted octanol–water partition coefficient (Wildman–Crippen LogP) is 4.49. The Morgan fingerprint density at radius 3 is 2.79 bits per heavy atom. The number of hydrogen-bond donors (Lipinski definition) is 1. The fourth-order valence-corrected chi connectivity index (χ4v) is 4.52. The van der Waals surface area contributed by atoms with Gasteiger partial charge in [-0.3, -0.25) is 0 Å². The van der Waals surface area contributed by atoms with Crippen molar-refractivity contribution in [3.8, 4) is 11.5 Å². The van der Waals surface area contributed by atoms with Crippen LogP contribution in [0.15, 0.2) is 54.9 Å². The van der Waals surface area contributed by atoms with Crippen LogP contribution in [0.4, 0.5) is 5.95 Å². The van der Waals surface area contributed by atoms with Gasteiger partial charge in [-0.2, -0.15) is 0 Å². The van der Waals surface area contributed by atoms with E-state index in [9.17, 15) is 0 Å². The van der Waals surface area contributed by atoms with Crippen molar-refractivity contribution >= 4 is 28.5 Å². The Bertz CT molecular complexity index is 1220. The molecule has 4 heterocycles. The molecule has 6 nitrogen and oxygen atoms in total. The van der Waals surface area contributed by atoms with Crippen LogP contribution in [0.5, 0.6) is 11.5 Å². The Hall–Kier alpha value is -3.25. The van der Waals surface area contributed by atoms with E-state index in [4.69, 9.17) is 21.1 Å². The molecule has 29 heavy (non-hydrogen) atoms.